The number of fused-ring (bicyclic) bond motifs is 1. The zero-order valence-electron chi connectivity index (χ0n) is 9.12. The Labute approximate surface area is 90.9 Å². The number of aryl methyl sites for hydroxylation is 1. The number of hydrogen-bond donors (Lipinski definition) is 1. The quantitative estimate of drug-likeness (QED) is 0.754. The predicted octanol–water partition coefficient (Wildman–Crippen LogP) is 1.25. The Morgan fingerprint density at radius 2 is 2.27 bits per heavy atom. The fourth-order valence-electron chi connectivity index (χ4n) is 1.83. The van der Waals surface area contributed by atoms with Crippen LogP contribution in [0.1, 0.15) is 18.2 Å². The van der Waals surface area contributed by atoms with Gasteiger partial charge < -0.3 is 9.91 Å². The van der Waals surface area contributed by atoms with Crippen molar-refractivity contribution in [3.8, 4) is 0 Å². The van der Waals surface area contributed by atoms with Gasteiger partial charge in [0.25, 0.3) is 7.98 Å². The van der Waals surface area contributed by atoms with Crippen LogP contribution in [0.25, 0.3) is 10.9 Å². The zero-order chi connectivity index (χ0) is 10.8. The lowest BCUT2D eigenvalue weighted by atomic mass is 10.1. The predicted molar refractivity (Wildman–Crippen MR) is 63.0 cm³/mol. The molecule has 2 radical (unpaired) electrons. The van der Waals surface area contributed by atoms with E-state index in [0.717, 1.165) is 29.6 Å². The van der Waals surface area contributed by atoms with Gasteiger partial charge in [0.2, 0.25) is 0 Å². The van der Waals surface area contributed by atoms with Crippen molar-refractivity contribution < 1.29 is 0 Å². The third-order valence-corrected chi connectivity index (χ3v) is 2.56. The molecule has 2 aromatic rings. The molecule has 1 aromatic heterocycles. The molecule has 4 heteroatoms. The third-order valence-electron chi connectivity index (χ3n) is 2.56. The fourth-order valence-corrected chi connectivity index (χ4v) is 1.83. The normalized spacial score (nSPS) is 11.1. The summed E-state index contributed by atoms with van der Waals surface area (Å²) in [6.07, 6.45) is 0.906. The van der Waals surface area contributed by atoms with Crippen molar-refractivity contribution in [1.82, 2.24) is 15.0 Å². The van der Waals surface area contributed by atoms with Crippen LogP contribution in [0.3, 0.4) is 0 Å². The Kier molecular flexibility index (Phi) is 2.78. The average Bonchev–Trinajstić information content (AvgIpc) is 2.56. The highest BCUT2D eigenvalue weighted by atomic mass is 15.2. The molecule has 0 bridgehead atoms. The van der Waals surface area contributed by atoms with Gasteiger partial charge in [-0.15, -0.1) is 0 Å². The number of nitrogens with one attached hydrogen (secondary N) is 1. The first-order valence-electron chi connectivity index (χ1n) is 5.16. The van der Waals surface area contributed by atoms with Gasteiger partial charge in [0.15, 0.2) is 0 Å². The van der Waals surface area contributed by atoms with Crippen LogP contribution in [0.4, 0.5) is 0 Å². The summed E-state index contributed by atoms with van der Waals surface area (Å²) in [5.74, 6) is 0. The largest absolute Gasteiger partial charge is 0.323 e. The number of hydrogen-bond acceptors (Lipinski definition) is 2. The molecular formula is C11H14BN3. The van der Waals surface area contributed by atoms with Gasteiger partial charge >= 0.3 is 0 Å². The molecular weight excluding hydrogens is 185 g/mol. The minimum absolute atomic E-state index is 0.870. The lowest BCUT2D eigenvalue weighted by Gasteiger charge is -2.01. The molecule has 0 amide bonds. The maximum Gasteiger partial charge on any atom is 0.265 e. The van der Waals surface area contributed by atoms with Gasteiger partial charge in [-0.2, -0.15) is 5.10 Å². The van der Waals surface area contributed by atoms with E-state index >= 15 is 0 Å². The smallest absolute Gasteiger partial charge is 0.265 e. The van der Waals surface area contributed by atoms with E-state index in [1.165, 1.54) is 10.2 Å². The zero-order valence-corrected chi connectivity index (χ0v) is 9.12. The van der Waals surface area contributed by atoms with E-state index in [2.05, 4.69) is 29.5 Å². The summed E-state index contributed by atoms with van der Waals surface area (Å²) in [4.78, 5) is 0. The Balaban J connectivity index is 2.58. The SMILES string of the molecule is [B]n1nc(CC)c2cc(CNC)ccc21. The van der Waals surface area contributed by atoms with Crippen molar-refractivity contribution in [2.75, 3.05) is 7.05 Å². The molecule has 0 fully saturated rings. The van der Waals surface area contributed by atoms with Crippen molar-refractivity contribution in [3.05, 3.63) is 29.5 Å². The Bertz CT molecular complexity index is 476. The highest BCUT2D eigenvalue weighted by Gasteiger charge is 2.06. The molecule has 1 heterocycles. The van der Waals surface area contributed by atoms with E-state index in [0.29, 0.717) is 0 Å². The summed E-state index contributed by atoms with van der Waals surface area (Å²) in [5, 5.41) is 8.58. The number of benzene rings is 1. The third kappa shape index (κ3) is 1.77. The number of rotatable bonds is 3. The first-order chi connectivity index (χ1) is 7.26. The van der Waals surface area contributed by atoms with Gasteiger partial charge in [-0.25, -0.2) is 0 Å². The molecule has 0 aliphatic heterocycles. The minimum atomic E-state index is 0.870. The topological polar surface area (TPSA) is 29.9 Å². The van der Waals surface area contributed by atoms with Crippen molar-refractivity contribution in [1.29, 1.82) is 0 Å². The van der Waals surface area contributed by atoms with Crippen LogP contribution in [0.15, 0.2) is 18.2 Å². The second kappa shape index (κ2) is 4.07. The maximum absolute atomic E-state index is 5.77. The Hall–Kier alpha value is -1.29. The summed E-state index contributed by atoms with van der Waals surface area (Å²) < 4.78 is 1.46. The van der Waals surface area contributed by atoms with E-state index in [9.17, 15) is 0 Å². The lowest BCUT2D eigenvalue weighted by Crippen LogP contribution is -2.04. The molecule has 0 spiro atoms. The van der Waals surface area contributed by atoms with E-state index in [1.807, 2.05) is 13.1 Å². The fraction of sp³-hybridized carbons (Fsp3) is 0.364. The average molecular weight is 199 g/mol. The highest BCUT2D eigenvalue weighted by molar-refractivity contribution is 6.10. The second-order valence-electron chi connectivity index (χ2n) is 3.63. The molecule has 0 aliphatic rings. The van der Waals surface area contributed by atoms with Crippen LogP contribution in [0, 0.1) is 0 Å². The van der Waals surface area contributed by atoms with Gasteiger partial charge in [0.05, 0.1) is 11.2 Å². The molecule has 0 aliphatic carbocycles. The van der Waals surface area contributed by atoms with Gasteiger partial charge in [0.1, 0.15) is 0 Å². The summed E-state index contributed by atoms with van der Waals surface area (Å²) in [5.41, 5.74) is 3.31. The van der Waals surface area contributed by atoms with E-state index in [4.69, 9.17) is 7.98 Å². The van der Waals surface area contributed by atoms with Crippen molar-refractivity contribution in [3.63, 3.8) is 0 Å². The highest BCUT2D eigenvalue weighted by Crippen LogP contribution is 2.19. The second-order valence-corrected chi connectivity index (χ2v) is 3.63. The van der Waals surface area contributed by atoms with Crippen LogP contribution in [0.2, 0.25) is 0 Å². The van der Waals surface area contributed by atoms with Gasteiger partial charge in [0, 0.05) is 11.9 Å². The molecule has 1 N–H and O–H groups in total. The molecule has 15 heavy (non-hydrogen) atoms. The van der Waals surface area contributed by atoms with Crippen LogP contribution in [0.5, 0.6) is 0 Å². The van der Waals surface area contributed by atoms with Crippen molar-refractivity contribution in [2.45, 2.75) is 19.9 Å². The van der Waals surface area contributed by atoms with Gasteiger partial charge in [-0.1, -0.05) is 13.0 Å². The van der Waals surface area contributed by atoms with E-state index in [1.54, 1.807) is 0 Å². The Morgan fingerprint density at radius 1 is 1.47 bits per heavy atom. The van der Waals surface area contributed by atoms with Crippen LogP contribution >= 0.6 is 0 Å². The van der Waals surface area contributed by atoms with Crippen LogP contribution < -0.4 is 5.32 Å². The monoisotopic (exact) mass is 199 g/mol. The maximum atomic E-state index is 5.77. The molecule has 0 unspecified atom stereocenters. The molecule has 0 saturated carbocycles. The first kappa shape index (κ1) is 10.2. The van der Waals surface area contributed by atoms with Crippen molar-refractivity contribution in [2.24, 2.45) is 0 Å². The standard InChI is InChI=1S/C11H14BN3/c1-3-10-9-6-8(7-13-2)4-5-11(9)15(12)14-10/h4-6,13H,3,7H2,1-2H3. The van der Waals surface area contributed by atoms with E-state index < -0.39 is 0 Å². The molecule has 2 rings (SSSR count). The summed E-state index contributed by atoms with van der Waals surface area (Å²) in [6.45, 7) is 2.96. The van der Waals surface area contributed by atoms with Crippen molar-refractivity contribution >= 4 is 18.9 Å². The minimum Gasteiger partial charge on any atom is -0.323 e. The van der Waals surface area contributed by atoms with Gasteiger partial charge in [-0.3, -0.25) is 0 Å². The molecule has 3 nitrogen and oxygen atoms in total. The number of aromatic nitrogens is 2. The summed E-state index contributed by atoms with van der Waals surface area (Å²) in [6, 6.07) is 6.25. The molecule has 76 valence electrons. The number of nitrogens with zero attached hydrogens (tertiary/aromatic N) is 2. The molecule has 0 atom stereocenters. The van der Waals surface area contributed by atoms with Crippen LogP contribution in [-0.4, -0.2) is 24.7 Å². The molecule has 0 saturated heterocycles. The summed E-state index contributed by atoms with van der Waals surface area (Å²) in [7, 11) is 7.71. The first-order valence-corrected chi connectivity index (χ1v) is 5.16. The molecule has 1 aromatic carbocycles. The van der Waals surface area contributed by atoms with E-state index in [-0.39, 0.29) is 0 Å². The lowest BCUT2D eigenvalue weighted by molar-refractivity contribution is 0.819. The van der Waals surface area contributed by atoms with Crippen LogP contribution in [-0.2, 0) is 13.0 Å². The Morgan fingerprint density at radius 3 is 2.93 bits per heavy atom. The van der Waals surface area contributed by atoms with Gasteiger partial charge in [-0.05, 0) is 31.2 Å². The summed E-state index contributed by atoms with van der Waals surface area (Å²) >= 11 is 0.